The highest BCUT2D eigenvalue weighted by Gasteiger charge is 2.31. The molecule has 0 saturated heterocycles. The molecule has 2 aromatic heterocycles. The van der Waals surface area contributed by atoms with Crippen molar-refractivity contribution >= 4 is 35.3 Å². The highest BCUT2D eigenvalue weighted by molar-refractivity contribution is 7.99. The Morgan fingerprint density at radius 2 is 1.23 bits per heavy atom. The molecule has 12 nitrogen and oxygen atoms in total. The van der Waals surface area contributed by atoms with Crippen LogP contribution in [0.4, 0.5) is 26.3 Å². The van der Waals surface area contributed by atoms with E-state index in [2.05, 4.69) is 16.4 Å². The van der Waals surface area contributed by atoms with Gasteiger partial charge in [-0.3, -0.25) is 32.7 Å². The molecule has 3 heterocycles. The average Bonchev–Trinajstić information content (AvgIpc) is 3.36. The Bertz CT molecular complexity index is 3070. The lowest BCUT2D eigenvalue weighted by Crippen LogP contribution is -3.14. The highest BCUT2D eigenvalue weighted by atomic mass is 32.2. The zero-order valence-corrected chi connectivity index (χ0v) is 40.9. The summed E-state index contributed by atoms with van der Waals surface area (Å²) in [4.78, 5) is 53.8. The third kappa shape index (κ3) is 14.3. The number of primary amides is 1. The van der Waals surface area contributed by atoms with Crippen molar-refractivity contribution in [3.8, 4) is 23.5 Å². The van der Waals surface area contributed by atoms with Crippen LogP contribution in [0.25, 0.3) is 11.4 Å². The molecule has 0 spiro atoms. The number of alkyl halides is 6. The average molecular weight is 1020 g/mol. The maximum absolute atomic E-state index is 13.5. The number of carbonyl (C=O) groups is 2. The van der Waals surface area contributed by atoms with Crippen molar-refractivity contribution in [2.45, 2.75) is 66.3 Å². The topological polar surface area (TPSA) is 171 Å². The van der Waals surface area contributed by atoms with E-state index in [-0.39, 0.29) is 28.1 Å². The van der Waals surface area contributed by atoms with Crippen molar-refractivity contribution in [3.05, 3.63) is 187 Å². The number of nitriles is 2. The first kappa shape index (κ1) is 56.1. The standard InChI is InChI=1S/C27H25F2N5O2S.C21H14F3N3O2S.C2H6.CH3F/c1-18-24(37-22-9-7-19(17-30)8-10-22)16-23(26(35)31-11-4-12-33-14-13-32(33)2)27(36)34(18)21-6-3-5-20(15-21)25(28)29;1-12-18(30-16-7-5-13(11-25)6-8-16)10-17(19(26)28)20(29)27(12)15-4-2-3-14(9-15)21(22,23)24;2*1-2/h3,5-10,13-16,25H,4,11-12H2,1-2H3,(H,31,35);2-10H,1H3,(H2,26,28);1-2H3;1H3/p+1. The molecule has 0 fully saturated rings. The lowest BCUT2D eigenvalue weighted by Gasteiger charge is -2.29. The molecule has 7 rings (SSSR count). The summed E-state index contributed by atoms with van der Waals surface area (Å²) in [5.41, 5.74) is 4.46. The van der Waals surface area contributed by atoms with Gasteiger partial charge in [0.1, 0.15) is 23.5 Å². The molecule has 1 atom stereocenters. The Labute approximate surface area is 414 Å². The molecule has 4 aromatic carbocycles. The number of aromatic nitrogens is 2. The van der Waals surface area contributed by atoms with Gasteiger partial charge in [0.15, 0.2) is 0 Å². The maximum atomic E-state index is 13.5. The van der Waals surface area contributed by atoms with Crippen LogP contribution in [0.5, 0.6) is 0 Å². The molecule has 6 aromatic rings. The second kappa shape index (κ2) is 25.9. The van der Waals surface area contributed by atoms with Crippen LogP contribution in [0, 0.1) is 36.5 Å². The molecule has 370 valence electrons. The van der Waals surface area contributed by atoms with Gasteiger partial charge in [0.25, 0.3) is 29.4 Å². The van der Waals surface area contributed by atoms with Crippen LogP contribution in [-0.2, 0) is 6.18 Å². The largest absolute Gasteiger partial charge is 0.416 e. The summed E-state index contributed by atoms with van der Waals surface area (Å²) in [5, 5.41) is 24.0. The van der Waals surface area contributed by atoms with Crippen LogP contribution < -0.4 is 27.2 Å². The Hall–Kier alpha value is -7.52. The van der Waals surface area contributed by atoms with E-state index in [1.54, 1.807) is 74.5 Å². The van der Waals surface area contributed by atoms with Crippen molar-refractivity contribution in [1.82, 2.24) is 19.5 Å². The van der Waals surface area contributed by atoms with Crippen LogP contribution in [0.2, 0.25) is 0 Å². The fraction of sp³-hybridized carbons (Fsp3) is 0.216. The van der Waals surface area contributed by atoms with Crippen LogP contribution in [0.1, 0.15) is 81.1 Å². The number of halogens is 6. The van der Waals surface area contributed by atoms with E-state index in [1.165, 1.54) is 64.5 Å². The first-order chi connectivity index (χ1) is 33.9. The Balaban J connectivity index is 0.000000294. The van der Waals surface area contributed by atoms with Crippen LogP contribution >= 0.6 is 23.5 Å². The van der Waals surface area contributed by atoms with Crippen molar-refractivity contribution in [1.29, 1.82) is 10.5 Å². The van der Waals surface area contributed by atoms with Gasteiger partial charge in [-0.05, 0) is 111 Å². The number of rotatable bonds is 13. The molecule has 2 amide bonds. The second-order valence-electron chi connectivity index (χ2n) is 14.8. The first-order valence-electron chi connectivity index (χ1n) is 21.6. The molecule has 71 heavy (non-hydrogen) atoms. The third-order valence-electron chi connectivity index (χ3n) is 10.4. The first-order valence-corrected chi connectivity index (χ1v) is 23.2. The number of nitrogens with zero attached hydrogens (tertiary/aromatic N) is 5. The molecule has 0 saturated carbocycles. The van der Waals surface area contributed by atoms with Gasteiger partial charge in [-0.15, -0.1) is 0 Å². The van der Waals surface area contributed by atoms with Crippen LogP contribution in [-0.4, -0.2) is 53.3 Å². The van der Waals surface area contributed by atoms with Gasteiger partial charge < -0.3 is 11.1 Å². The van der Waals surface area contributed by atoms with E-state index < -0.39 is 41.1 Å². The third-order valence-corrected chi connectivity index (χ3v) is 12.6. The van der Waals surface area contributed by atoms with Gasteiger partial charge in [-0.2, -0.15) is 23.7 Å². The molecular formula is C51H49F6N8O4S2+. The quantitative estimate of drug-likeness (QED) is 0.0754. The van der Waals surface area contributed by atoms with Gasteiger partial charge in [0, 0.05) is 54.5 Å². The predicted molar refractivity (Wildman–Crippen MR) is 261 cm³/mol. The van der Waals surface area contributed by atoms with E-state index in [1.807, 2.05) is 39.4 Å². The van der Waals surface area contributed by atoms with Crippen LogP contribution in [0.3, 0.4) is 0 Å². The van der Waals surface area contributed by atoms with Gasteiger partial charge in [0.05, 0.1) is 49.6 Å². The number of quaternary nitrogens is 1. The van der Waals surface area contributed by atoms with E-state index in [0.29, 0.717) is 57.3 Å². The number of hydrogen-bond acceptors (Lipinski definition) is 9. The smallest absolute Gasteiger partial charge is 0.365 e. The van der Waals surface area contributed by atoms with Gasteiger partial charge in [-0.25, -0.2) is 18.8 Å². The normalized spacial score (nSPS) is 12.4. The van der Waals surface area contributed by atoms with E-state index in [9.17, 15) is 45.5 Å². The van der Waals surface area contributed by atoms with Crippen molar-refractivity contribution in [2.24, 2.45) is 5.73 Å². The number of amides is 2. The maximum Gasteiger partial charge on any atom is 0.416 e. The van der Waals surface area contributed by atoms with E-state index in [4.69, 9.17) is 16.3 Å². The molecule has 0 bridgehead atoms. The molecule has 0 aliphatic carbocycles. The van der Waals surface area contributed by atoms with Crippen LogP contribution in [0.15, 0.2) is 151 Å². The summed E-state index contributed by atoms with van der Waals surface area (Å²) < 4.78 is 78.0. The molecule has 4 N–H and O–H groups in total. The summed E-state index contributed by atoms with van der Waals surface area (Å²) in [6.45, 7) is 8.41. The zero-order chi connectivity index (χ0) is 52.6. The van der Waals surface area contributed by atoms with E-state index >= 15 is 0 Å². The lowest BCUT2D eigenvalue weighted by molar-refractivity contribution is -0.967. The fourth-order valence-corrected chi connectivity index (χ4v) is 8.61. The summed E-state index contributed by atoms with van der Waals surface area (Å²) in [5.74, 6) is -1.51. The summed E-state index contributed by atoms with van der Waals surface area (Å²) >= 11 is 2.51. The number of benzene rings is 4. The summed E-state index contributed by atoms with van der Waals surface area (Å²) in [7, 11) is 2.50. The molecule has 20 heteroatoms. The Kier molecular flexibility index (Phi) is 20.5. The Morgan fingerprint density at radius 1 is 0.746 bits per heavy atom. The number of nitrogens with one attached hydrogen (secondary N) is 2. The number of hydrogen-bond donors (Lipinski definition) is 3. The number of carbonyl (C=O) groups excluding carboxylic acids is 2. The van der Waals surface area contributed by atoms with Crippen molar-refractivity contribution in [3.63, 3.8) is 0 Å². The van der Waals surface area contributed by atoms with Gasteiger partial charge in [-0.1, -0.05) is 55.6 Å². The van der Waals surface area contributed by atoms with Gasteiger partial charge in [0.2, 0.25) is 0 Å². The molecule has 1 aliphatic heterocycles. The second-order valence-corrected chi connectivity index (χ2v) is 17.1. The monoisotopic (exact) mass is 1020 g/mol. The minimum atomic E-state index is -4.59. The molecule has 0 radical (unpaired) electrons. The Morgan fingerprint density at radius 3 is 1.66 bits per heavy atom. The molecule has 1 aliphatic rings. The van der Waals surface area contributed by atoms with E-state index in [0.717, 1.165) is 33.1 Å². The van der Waals surface area contributed by atoms with Gasteiger partial charge >= 0.3 is 6.18 Å². The molecular weight excluding hydrogens is 967 g/mol. The highest BCUT2D eigenvalue weighted by Crippen LogP contribution is 2.35. The predicted octanol–water partition coefficient (Wildman–Crippen LogP) is 9.34. The minimum absolute atomic E-state index is 0.0305. The molecule has 1 unspecified atom stereocenters. The lowest BCUT2D eigenvalue weighted by atomic mass is 10.1. The number of nitrogens with two attached hydrogens (primary N) is 1. The fourth-order valence-electron chi connectivity index (χ4n) is 6.72. The zero-order valence-electron chi connectivity index (χ0n) is 39.3. The van der Waals surface area contributed by atoms with Crippen molar-refractivity contribution in [2.75, 3.05) is 27.3 Å². The summed E-state index contributed by atoms with van der Waals surface area (Å²) in [6, 6.07) is 30.3. The van der Waals surface area contributed by atoms with Crippen molar-refractivity contribution < 1.29 is 40.9 Å². The number of pyridine rings is 2. The minimum Gasteiger partial charge on any atom is -0.365 e. The SMILES string of the molecule is CC.CF.Cc1c(Sc2ccc(C#N)cc2)cc(C(=O)NCCCN2C=C[NH+]2C)c(=O)n1-c1cccc(C(F)F)c1.Cc1c(Sc2ccc(C#N)cc2)cc(C(N)=O)c(=O)n1-c1cccc(C(F)(F)F)c1. The summed E-state index contributed by atoms with van der Waals surface area (Å²) in [6.07, 6.45) is -2.62.